The first-order valence-corrected chi connectivity index (χ1v) is 9.27. The van der Waals surface area contributed by atoms with Crippen molar-refractivity contribution >= 4 is 28.8 Å². The van der Waals surface area contributed by atoms with Crippen LogP contribution in [0.2, 0.25) is 0 Å². The number of benzene rings is 2. The van der Waals surface area contributed by atoms with Gasteiger partial charge in [-0.3, -0.25) is 14.7 Å². The molecule has 1 atom stereocenters. The van der Waals surface area contributed by atoms with Crippen LogP contribution >= 0.6 is 0 Å². The van der Waals surface area contributed by atoms with Gasteiger partial charge in [-0.1, -0.05) is 25.1 Å². The highest BCUT2D eigenvalue weighted by molar-refractivity contribution is 5.98. The minimum atomic E-state index is -1.03. The van der Waals surface area contributed by atoms with Gasteiger partial charge in [-0.15, -0.1) is 0 Å². The van der Waals surface area contributed by atoms with E-state index in [-0.39, 0.29) is 23.4 Å². The second kappa shape index (κ2) is 8.08. The number of para-hydroxylation sites is 1. The zero-order chi connectivity index (χ0) is 21.1. The van der Waals surface area contributed by atoms with Crippen molar-refractivity contribution in [3.8, 4) is 5.69 Å². The number of aromatic nitrogens is 3. The molecule has 0 aliphatic carbocycles. The molecule has 9 heteroatoms. The average Bonchev–Trinajstić information content (AvgIpc) is 3.37. The number of ether oxygens (including phenoxy) is 1. The normalized spacial score (nSPS) is 11.9. The van der Waals surface area contributed by atoms with E-state index in [4.69, 9.17) is 9.15 Å². The highest BCUT2D eigenvalue weighted by Crippen LogP contribution is 2.16. The zero-order valence-electron chi connectivity index (χ0n) is 16.0. The summed E-state index contributed by atoms with van der Waals surface area (Å²) in [4.78, 5) is 41.2. The van der Waals surface area contributed by atoms with Crippen molar-refractivity contribution < 1.29 is 18.7 Å². The lowest BCUT2D eigenvalue weighted by atomic mass is 10.2. The van der Waals surface area contributed by atoms with Gasteiger partial charge in [0.1, 0.15) is 11.3 Å². The largest absolute Gasteiger partial charge is 0.449 e. The number of rotatable bonds is 6. The molecule has 0 aliphatic heterocycles. The van der Waals surface area contributed by atoms with Gasteiger partial charge in [0, 0.05) is 6.07 Å². The van der Waals surface area contributed by atoms with Crippen LogP contribution in [0.1, 0.15) is 23.7 Å². The van der Waals surface area contributed by atoms with Crippen molar-refractivity contribution in [2.24, 2.45) is 0 Å². The summed E-state index contributed by atoms with van der Waals surface area (Å²) in [5.74, 6) is -1.00. The quantitative estimate of drug-likeness (QED) is 0.475. The number of amides is 1. The Balaban J connectivity index is 1.46. The number of hydrogen-bond donors (Lipinski definition) is 2. The van der Waals surface area contributed by atoms with Gasteiger partial charge in [0.25, 0.3) is 11.5 Å². The SMILES string of the molecule is CCC(OC(=O)c1ccc2ocnc2c1)C(=O)Nc1cc(=O)n(-c2ccccc2)[nH]1. The number of aromatic amines is 1. The number of carbonyl (C=O) groups is 2. The average molecular weight is 406 g/mol. The molecular weight excluding hydrogens is 388 g/mol. The van der Waals surface area contributed by atoms with Crippen molar-refractivity contribution in [1.29, 1.82) is 0 Å². The van der Waals surface area contributed by atoms with E-state index in [0.717, 1.165) is 0 Å². The monoisotopic (exact) mass is 406 g/mol. The molecule has 2 aromatic heterocycles. The summed E-state index contributed by atoms with van der Waals surface area (Å²) < 4.78 is 11.8. The Labute approximate surface area is 170 Å². The Morgan fingerprint density at radius 2 is 2.00 bits per heavy atom. The third-order valence-electron chi connectivity index (χ3n) is 4.47. The lowest BCUT2D eigenvalue weighted by Gasteiger charge is -2.15. The van der Waals surface area contributed by atoms with E-state index in [1.54, 1.807) is 37.3 Å². The van der Waals surface area contributed by atoms with E-state index in [0.29, 0.717) is 16.8 Å². The first-order chi connectivity index (χ1) is 14.5. The van der Waals surface area contributed by atoms with E-state index < -0.39 is 18.0 Å². The number of anilines is 1. The van der Waals surface area contributed by atoms with Crippen LogP contribution in [0.4, 0.5) is 5.82 Å². The van der Waals surface area contributed by atoms with Crippen LogP contribution in [0.5, 0.6) is 0 Å². The molecule has 0 spiro atoms. The van der Waals surface area contributed by atoms with Crippen molar-refractivity contribution in [2.45, 2.75) is 19.4 Å². The molecule has 1 amide bonds. The van der Waals surface area contributed by atoms with Gasteiger partial charge in [-0.05, 0) is 36.8 Å². The van der Waals surface area contributed by atoms with E-state index in [1.807, 2.05) is 6.07 Å². The molecule has 0 aliphatic rings. The molecule has 0 radical (unpaired) electrons. The maximum Gasteiger partial charge on any atom is 0.338 e. The van der Waals surface area contributed by atoms with Crippen LogP contribution in [-0.4, -0.2) is 32.7 Å². The molecular formula is C21H18N4O5. The Hall–Kier alpha value is -4.14. The first kappa shape index (κ1) is 19.2. The van der Waals surface area contributed by atoms with Gasteiger partial charge in [0.05, 0.1) is 11.3 Å². The predicted octanol–water partition coefficient (Wildman–Crippen LogP) is 2.88. The van der Waals surface area contributed by atoms with Crippen molar-refractivity contribution in [1.82, 2.24) is 14.8 Å². The highest BCUT2D eigenvalue weighted by Gasteiger charge is 2.23. The third-order valence-corrected chi connectivity index (χ3v) is 4.47. The van der Waals surface area contributed by atoms with Gasteiger partial charge < -0.3 is 14.5 Å². The third kappa shape index (κ3) is 3.86. The predicted molar refractivity (Wildman–Crippen MR) is 109 cm³/mol. The van der Waals surface area contributed by atoms with Gasteiger partial charge in [-0.25, -0.2) is 14.5 Å². The van der Waals surface area contributed by atoms with Crippen LogP contribution < -0.4 is 10.9 Å². The minimum absolute atomic E-state index is 0.201. The van der Waals surface area contributed by atoms with Crippen LogP contribution in [0.25, 0.3) is 16.8 Å². The number of hydrogen-bond acceptors (Lipinski definition) is 6. The lowest BCUT2D eigenvalue weighted by Crippen LogP contribution is -2.32. The molecule has 0 saturated heterocycles. The fourth-order valence-electron chi connectivity index (χ4n) is 2.95. The standard InChI is InChI=1S/C21H18N4O5/c1-2-16(30-21(28)13-8-9-17-15(10-13)22-12-29-17)20(27)23-18-11-19(26)25(24-18)14-6-4-3-5-7-14/h3-12,16,24H,2H2,1H3,(H,23,27). The Bertz CT molecular complexity index is 1260. The molecule has 9 nitrogen and oxygen atoms in total. The maximum atomic E-state index is 12.6. The number of nitrogens with one attached hydrogen (secondary N) is 2. The summed E-state index contributed by atoms with van der Waals surface area (Å²) in [5.41, 5.74) is 1.61. The Morgan fingerprint density at radius 3 is 2.77 bits per heavy atom. The molecule has 2 N–H and O–H groups in total. The smallest absolute Gasteiger partial charge is 0.338 e. The van der Waals surface area contributed by atoms with Crippen LogP contribution in [0, 0.1) is 0 Å². The topological polar surface area (TPSA) is 119 Å². The highest BCUT2D eigenvalue weighted by atomic mass is 16.5. The molecule has 1 unspecified atom stereocenters. The van der Waals surface area contributed by atoms with Gasteiger partial charge in [0.15, 0.2) is 18.1 Å². The fraction of sp³-hybridized carbons (Fsp3) is 0.143. The minimum Gasteiger partial charge on any atom is -0.449 e. The molecule has 30 heavy (non-hydrogen) atoms. The van der Waals surface area contributed by atoms with Crippen molar-refractivity contribution in [3.63, 3.8) is 0 Å². The molecule has 0 bridgehead atoms. The summed E-state index contributed by atoms with van der Waals surface area (Å²) in [6.45, 7) is 1.72. The molecule has 2 heterocycles. The Kier molecular flexibility index (Phi) is 5.17. The van der Waals surface area contributed by atoms with Crippen LogP contribution in [-0.2, 0) is 9.53 Å². The van der Waals surface area contributed by atoms with Gasteiger partial charge in [-0.2, -0.15) is 0 Å². The number of fused-ring (bicyclic) bond motifs is 1. The van der Waals surface area contributed by atoms with E-state index in [1.165, 1.54) is 29.3 Å². The van der Waals surface area contributed by atoms with E-state index in [9.17, 15) is 14.4 Å². The molecule has 4 rings (SSSR count). The molecule has 0 saturated carbocycles. The summed E-state index contributed by atoms with van der Waals surface area (Å²) in [6.07, 6.45) is 0.506. The molecule has 2 aromatic carbocycles. The maximum absolute atomic E-state index is 12.6. The fourth-order valence-corrected chi connectivity index (χ4v) is 2.95. The second-order valence-corrected chi connectivity index (χ2v) is 6.51. The summed E-state index contributed by atoms with van der Waals surface area (Å²) in [6, 6.07) is 14.9. The number of carbonyl (C=O) groups excluding carboxylic acids is 2. The lowest BCUT2D eigenvalue weighted by molar-refractivity contribution is -0.124. The van der Waals surface area contributed by atoms with Crippen LogP contribution in [0.3, 0.4) is 0 Å². The zero-order valence-corrected chi connectivity index (χ0v) is 16.0. The summed E-state index contributed by atoms with van der Waals surface area (Å²) in [7, 11) is 0. The van der Waals surface area contributed by atoms with Gasteiger partial charge in [0.2, 0.25) is 0 Å². The number of H-pyrrole nitrogens is 1. The summed E-state index contributed by atoms with van der Waals surface area (Å²) in [5, 5.41) is 5.41. The Morgan fingerprint density at radius 1 is 1.20 bits per heavy atom. The number of nitrogens with zero attached hydrogens (tertiary/aromatic N) is 2. The van der Waals surface area contributed by atoms with Crippen molar-refractivity contribution in [3.05, 3.63) is 76.9 Å². The first-order valence-electron chi connectivity index (χ1n) is 9.27. The van der Waals surface area contributed by atoms with Gasteiger partial charge >= 0.3 is 5.97 Å². The molecule has 4 aromatic rings. The van der Waals surface area contributed by atoms with E-state index in [2.05, 4.69) is 15.4 Å². The number of esters is 1. The number of oxazole rings is 1. The van der Waals surface area contributed by atoms with E-state index >= 15 is 0 Å². The molecule has 152 valence electrons. The second-order valence-electron chi connectivity index (χ2n) is 6.51. The summed E-state index contributed by atoms with van der Waals surface area (Å²) >= 11 is 0. The van der Waals surface area contributed by atoms with Crippen LogP contribution in [0.15, 0.2) is 70.2 Å². The van der Waals surface area contributed by atoms with Crippen molar-refractivity contribution in [2.75, 3.05) is 5.32 Å². The molecule has 0 fully saturated rings.